The third-order valence-corrected chi connectivity index (χ3v) is 7.58. The number of pyridine rings is 1. The number of benzene rings is 1. The largest absolute Gasteiger partial charge is 0.343 e. The molecule has 6 nitrogen and oxygen atoms in total. The number of carbonyl (C=O) groups excluding carboxylic acids is 2. The van der Waals surface area contributed by atoms with Crippen molar-refractivity contribution >= 4 is 11.8 Å². The first kappa shape index (κ1) is 24.4. The summed E-state index contributed by atoms with van der Waals surface area (Å²) >= 11 is 0. The van der Waals surface area contributed by atoms with Crippen molar-refractivity contribution < 1.29 is 9.59 Å². The van der Waals surface area contributed by atoms with Gasteiger partial charge in [0.2, 0.25) is 11.8 Å². The molecule has 0 spiro atoms. The molecule has 2 amide bonds. The van der Waals surface area contributed by atoms with Crippen molar-refractivity contribution in [3.63, 3.8) is 0 Å². The van der Waals surface area contributed by atoms with Crippen LogP contribution in [0.1, 0.15) is 69.0 Å². The van der Waals surface area contributed by atoms with Gasteiger partial charge in [-0.2, -0.15) is 0 Å². The molecule has 2 heterocycles. The predicted molar refractivity (Wildman–Crippen MR) is 135 cm³/mol. The molecule has 0 bridgehead atoms. The van der Waals surface area contributed by atoms with E-state index in [1.54, 1.807) is 7.05 Å². The predicted octanol–water partition coefficient (Wildman–Crippen LogP) is 4.39. The van der Waals surface area contributed by atoms with Crippen LogP contribution < -0.4 is 10.6 Å². The first-order chi connectivity index (χ1) is 16.5. The molecular weight excluding hydrogens is 424 g/mol. The van der Waals surface area contributed by atoms with Gasteiger partial charge in [-0.05, 0) is 69.7 Å². The SMILES string of the molecule is CNC(C)C(=O)N[C@H](C(=O)N1CCC[C@H]1c1cncc(-c2ccc(C)cc2)c1)C1CCCCC1. The molecular formula is C28H38N4O2. The lowest BCUT2D eigenvalue weighted by Gasteiger charge is -2.35. The molecule has 1 aromatic carbocycles. The van der Waals surface area contributed by atoms with Crippen LogP contribution in [0.4, 0.5) is 0 Å². The van der Waals surface area contributed by atoms with Gasteiger partial charge >= 0.3 is 0 Å². The zero-order valence-electron chi connectivity index (χ0n) is 20.7. The van der Waals surface area contributed by atoms with Crippen molar-refractivity contribution in [3.8, 4) is 11.1 Å². The number of aryl methyl sites for hydroxylation is 1. The molecule has 2 fully saturated rings. The number of likely N-dealkylation sites (N-methyl/N-ethyl adjacent to an activating group) is 1. The van der Waals surface area contributed by atoms with Crippen LogP contribution in [0.5, 0.6) is 0 Å². The van der Waals surface area contributed by atoms with E-state index < -0.39 is 6.04 Å². The van der Waals surface area contributed by atoms with Crippen LogP contribution in [0.3, 0.4) is 0 Å². The number of carbonyl (C=O) groups is 2. The van der Waals surface area contributed by atoms with Gasteiger partial charge in [-0.1, -0.05) is 49.1 Å². The highest BCUT2D eigenvalue weighted by molar-refractivity contribution is 5.90. The molecule has 1 saturated heterocycles. The lowest BCUT2D eigenvalue weighted by molar-refractivity contribution is -0.139. The van der Waals surface area contributed by atoms with Gasteiger partial charge in [-0.3, -0.25) is 14.6 Å². The minimum absolute atomic E-state index is 0.00452. The molecule has 34 heavy (non-hydrogen) atoms. The van der Waals surface area contributed by atoms with Gasteiger partial charge in [0, 0.05) is 24.5 Å². The Labute approximate surface area is 203 Å². The van der Waals surface area contributed by atoms with Crippen molar-refractivity contribution in [1.29, 1.82) is 0 Å². The summed E-state index contributed by atoms with van der Waals surface area (Å²) in [4.78, 5) is 33.2. The Balaban J connectivity index is 1.57. The van der Waals surface area contributed by atoms with Gasteiger partial charge in [-0.25, -0.2) is 0 Å². The van der Waals surface area contributed by atoms with E-state index in [-0.39, 0.29) is 29.8 Å². The molecule has 1 aromatic heterocycles. The molecule has 3 atom stereocenters. The Bertz CT molecular complexity index is 984. The van der Waals surface area contributed by atoms with Crippen molar-refractivity contribution in [2.24, 2.45) is 5.92 Å². The summed E-state index contributed by atoms with van der Waals surface area (Å²) in [7, 11) is 1.77. The second-order valence-corrected chi connectivity index (χ2v) is 9.96. The molecule has 1 unspecified atom stereocenters. The van der Waals surface area contributed by atoms with E-state index in [4.69, 9.17) is 0 Å². The highest BCUT2D eigenvalue weighted by Gasteiger charge is 2.39. The van der Waals surface area contributed by atoms with Crippen molar-refractivity contribution in [1.82, 2.24) is 20.5 Å². The summed E-state index contributed by atoms with van der Waals surface area (Å²) in [5.41, 5.74) is 4.49. The van der Waals surface area contributed by atoms with Crippen molar-refractivity contribution in [2.45, 2.75) is 76.9 Å². The molecule has 4 rings (SSSR count). The Morgan fingerprint density at radius 1 is 1.00 bits per heavy atom. The monoisotopic (exact) mass is 462 g/mol. The van der Waals surface area contributed by atoms with Crippen LogP contribution in [0.15, 0.2) is 42.7 Å². The summed E-state index contributed by atoms with van der Waals surface area (Å²) in [5.74, 6) is 0.157. The molecule has 1 aliphatic carbocycles. The normalized spacial score (nSPS) is 20.7. The lowest BCUT2D eigenvalue weighted by atomic mass is 9.83. The third kappa shape index (κ3) is 5.49. The zero-order chi connectivity index (χ0) is 24.1. The Kier molecular flexibility index (Phi) is 7.99. The number of hydrogen-bond acceptors (Lipinski definition) is 4. The van der Waals surface area contributed by atoms with E-state index in [1.807, 2.05) is 24.2 Å². The number of rotatable bonds is 7. The number of nitrogens with zero attached hydrogens (tertiary/aromatic N) is 2. The number of amides is 2. The summed E-state index contributed by atoms with van der Waals surface area (Å²) in [6.07, 6.45) is 11.1. The fraction of sp³-hybridized carbons (Fsp3) is 0.536. The van der Waals surface area contributed by atoms with E-state index >= 15 is 0 Å². The Morgan fingerprint density at radius 3 is 2.44 bits per heavy atom. The highest BCUT2D eigenvalue weighted by atomic mass is 16.2. The van der Waals surface area contributed by atoms with Crippen LogP contribution in [0.25, 0.3) is 11.1 Å². The van der Waals surface area contributed by atoms with E-state index in [0.29, 0.717) is 0 Å². The van der Waals surface area contributed by atoms with E-state index in [2.05, 4.69) is 52.9 Å². The average Bonchev–Trinajstić information content (AvgIpc) is 3.37. The molecule has 1 aliphatic heterocycles. The van der Waals surface area contributed by atoms with Gasteiger partial charge in [0.15, 0.2) is 0 Å². The van der Waals surface area contributed by atoms with Crippen LogP contribution in [0, 0.1) is 12.8 Å². The van der Waals surface area contributed by atoms with Crippen LogP contribution in [-0.2, 0) is 9.59 Å². The fourth-order valence-corrected chi connectivity index (χ4v) is 5.36. The quantitative estimate of drug-likeness (QED) is 0.640. The van der Waals surface area contributed by atoms with Gasteiger partial charge in [0.25, 0.3) is 0 Å². The topological polar surface area (TPSA) is 74.3 Å². The van der Waals surface area contributed by atoms with E-state index in [0.717, 1.165) is 61.8 Å². The maximum Gasteiger partial charge on any atom is 0.245 e. The minimum Gasteiger partial charge on any atom is -0.343 e. The summed E-state index contributed by atoms with van der Waals surface area (Å²) in [5, 5.41) is 6.12. The van der Waals surface area contributed by atoms with Crippen LogP contribution in [-0.4, -0.2) is 47.4 Å². The van der Waals surface area contributed by atoms with Gasteiger partial charge in [0.05, 0.1) is 12.1 Å². The molecule has 0 radical (unpaired) electrons. The van der Waals surface area contributed by atoms with Crippen LogP contribution >= 0.6 is 0 Å². The molecule has 6 heteroatoms. The van der Waals surface area contributed by atoms with Crippen molar-refractivity contribution in [3.05, 3.63) is 53.9 Å². The standard InChI is InChI=1S/C28H38N4O2/c1-19-11-13-21(14-12-19)23-16-24(18-30-17-23)25-10-7-15-32(25)28(34)26(22-8-5-4-6-9-22)31-27(33)20(2)29-3/h11-14,16-18,20,22,25-26,29H,4-10,15H2,1-3H3,(H,31,33)/t20?,25-,26-/m0/s1. The first-order valence-corrected chi connectivity index (χ1v) is 12.8. The number of nitrogens with one attached hydrogen (secondary N) is 2. The van der Waals surface area contributed by atoms with E-state index in [9.17, 15) is 9.59 Å². The maximum absolute atomic E-state index is 13.9. The first-order valence-electron chi connectivity index (χ1n) is 12.8. The lowest BCUT2D eigenvalue weighted by Crippen LogP contribution is -2.55. The summed E-state index contributed by atoms with van der Waals surface area (Å²) < 4.78 is 0. The molecule has 2 aromatic rings. The summed E-state index contributed by atoms with van der Waals surface area (Å²) in [6.45, 7) is 4.64. The number of aromatic nitrogens is 1. The summed E-state index contributed by atoms with van der Waals surface area (Å²) in [6, 6.07) is 9.83. The second kappa shape index (κ2) is 11.1. The number of likely N-dealkylation sites (tertiary alicyclic amines) is 1. The average molecular weight is 463 g/mol. The fourth-order valence-electron chi connectivity index (χ4n) is 5.36. The van der Waals surface area contributed by atoms with E-state index in [1.165, 1.54) is 12.0 Å². The number of hydrogen-bond donors (Lipinski definition) is 2. The molecule has 2 aliphatic rings. The Hall–Kier alpha value is -2.73. The smallest absolute Gasteiger partial charge is 0.245 e. The Morgan fingerprint density at radius 2 is 1.74 bits per heavy atom. The van der Waals surface area contributed by atoms with Gasteiger partial charge < -0.3 is 15.5 Å². The molecule has 1 saturated carbocycles. The van der Waals surface area contributed by atoms with Gasteiger partial charge in [0.1, 0.15) is 6.04 Å². The van der Waals surface area contributed by atoms with Crippen molar-refractivity contribution in [2.75, 3.05) is 13.6 Å². The zero-order valence-corrected chi connectivity index (χ0v) is 20.7. The minimum atomic E-state index is -0.461. The third-order valence-electron chi connectivity index (χ3n) is 7.58. The van der Waals surface area contributed by atoms with Crippen LogP contribution in [0.2, 0.25) is 0 Å². The second-order valence-electron chi connectivity index (χ2n) is 9.96. The van der Waals surface area contributed by atoms with Gasteiger partial charge in [-0.15, -0.1) is 0 Å². The molecule has 182 valence electrons. The highest BCUT2D eigenvalue weighted by Crippen LogP contribution is 2.36. The maximum atomic E-state index is 13.9. The molecule has 2 N–H and O–H groups in total.